The number of benzene rings is 1. The SMILES string of the molecule is CC(Sc1nccs1)C(N)c1ccccc1. The lowest BCUT2D eigenvalue weighted by Gasteiger charge is -2.18. The molecule has 0 aliphatic heterocycles. The first-order valence-corrected chi connectivity index (χ1v) is 6.90. The normalized spacial score (nSPS) is 14.6. The smallest absolute Gasteiger partial charge is 0.150 e. The van der Waals surface area contributed by atoms with Crippen molar-refractivity contribution < 1.29 is 0 Å². The minimum absolute atomic E-state index is 0.0510. The van der Waals surface area contributed by atoms with Crippen LogP contribution in [0, 0.1) is 0 Å². The molecule has 16 heavy (non-hydrogen) atoms. The summed E-state index contributed by atoms with van der Waals surface area (Å²) in [5.41, 5.74) is 7.39. The zero-order valence-corrected chi connectivity index (χ0v) is 10.7. The van der Waals surface area contributed by atoms with Crippen molar-refractivity contribution in [3.63, 3.8) is 0 Å². The molecule has 2 nitrogen and oxygen atoms in total. The minimum atomic E-state index is 0.0510. The van der Waals surface area contributed by atoms with E-state index in [9.17, 15) is 0 Å². The molecular weight excluding hydrogens is 236 g/mol. The van der Waals surface area contributed by atoms with E-state index in [2.05, 4.69) is 24.0 Å². The molecule has 0 saturated carbocycles. The third-order valence-electron chi connectivity index (χ3n) is 2.39. The van der Waals surface area contributed by atoms with Crippen LogP contribution in [-0.2, 0) is 0 Å². The number of rotatable bonds is 4. The molecule has 0 amide bonds. The van der Waals surface area contributed by atoms with E-state index in [0.29, 0.717) is 5.25 Å². The van der Waals surface area contributed by atoms with Gasteiger partial charge in [0.1, 0.15) is 4.34 Å². The van der Waals surface area contributed by atoms with Gasteiger partial charge < -0.3 is 5.73 Å². The van der Waals surface area contributed by atoms with Crippen molar-refractivity contribution >= 4 is 23.1 Å². The number of hydrogen-bond acceptors (Lipinski definition) is 4. The molecule has 84 valence electrons. The van der Waals surface area contributed by atoms with E-state index in [1.807, 2.05) is 29.8 Å². The van der Waals surface area contributed by atoms with E-state index in [-0.39, 0.29) is 6.04 Å². The quantitative estimate of drug-likeness (QED) is 0.846. The lowest BCUT2D eigenvalue weighted by atomic mass is 10.1. The van der Waals surface area contributed by atoms with Gasteiger partial charge in [0.25, 0.3) is 0 Å². The van der Waals surface area contributed by atoms with Crippen LogP contribution in [0.2, 0.25) is 0 Å². The van der Waals surface area contributed by atoms with Gasteiger partial charge in [-0.25, -0.2) is 4.98 Å². The predicted molar refractivity (Wildman–Crippen MR) is 70.8 cm³/mol. The first-order chi connectivity index (χ1) is 7.77. The molecular formula is C12H14N2S2. The Morgan fingerprint density at radius 1 is 1.31 bits per heavy atom. The van der Waals surface area contributed by atoms with Crippen LogP contribution >= 0.6 is 23.1 Å². The monoisotopic (exact) mass is 250 g/mol. The summed E-state index contributed by atoms with van der Waals surface area (Å²) >= 11 is 3.40. The lowest BCUT2D eigenvalue weighted by molar-refractivity contribution is 0.715. The van der Waals surface area contributed by atoms with Crippen molar-refractivity contribution in [1.29, 1.82) is 0 Å². The second kappa shape index (κ2) is 5.48. The molecule has 0 aliphatic carbocycles. The number of thiazole rings is 1. The van der Waals surface area contributed by atoms with Gasteiger partial charge in [-0.05, 0) is 5.56 Å². The summed E-state index contributed by atoms with van der Waals surface area (Å²) in [6.07, 6.45) is 1.83. The van der Waals surface area contributed by atoms with Crippen LogP contribution in [0.1, 0.15) is 18.5 Å². The van der Waals surface area contributed by atoms with E-state index in [1.54, 1.807) is 23.1 Å². The fourth-order valence-electron chi connectivity index (χ4n) is 1.45. The Labute approximate surface area is 104 Å². The van der Waals surface area contributed by atoms with Crippen LogP contribution in [0.15, 0.2) is 46.2 Å². The molecule has 1 aromatic heterocycles. The summed E-state index contributed by atoms with van der Waals surface area (Å²) in [6, 6.07) is 10.3. The molecule has 0 saturated heterocycles. The Hall–Kier alpha value is -0.840. The maximum absolute atomic E-state index is 6.21. The highest BCUT2D eigenvalue weighted by Gasteiger charge is 2.16. The van der Waals surface area contributed by atoms with Crippen LogP contribution in [0.4, 0.5) is 0 Å². The van der Waals surface area contributed by atoms with Crippen molar-refractivity contribution in [2.24, 2.45) is 5.73 Å². The van der Waals surface area contributed by atoms with Gasteiger partial charge in [-0.2, -0.15) is 0 Å². The first kappa shape index (κ1) is 11.6. The van der Waals surface area contributed by atoms with Crippen molar-refractivity contribution in [1.82, 2.24) is 4.98 Å². The zero-order chi connectivity index (χ0) is 11.4. The number of nitrogens with two attached hydrogens (primary N) is 1. The lowest BCUT2D eigenvalue weighted by Crippen LogP contribution is -2.20. The average molecular weight is 250 g/mol. The third-order valence-corrected chi connectivity index (χ3v) is 4.50. The van der Waals surface area contributed by atoms with Gasteiger partial charge in [0.15, 0.2) is 0 Å². The van der Waals surface area contributed by atoms with E-state index in [0.717, 1.165) is 4.34 Å². The van der Waals surface area contributed by atoms with E-state index in [4.69, 9.17) is 5.73 Å². The Kier molecular flexibility index (Phi) is 3.98. The highest BCUT2D eigenvalue weighted by molar-refractivity contribution is 8.01. The van der Waals surface area contributed by atoms with Crippen molar-refractivity contribution in [3.8, 4) is 0 Å². The van der Waals surface area contributed by atoms with Crippen molar-refractivity contribution in [3.05, 3.63) is 47.5 Å². The molecule has 2 rings (SSSR count). The fourth-order valence-corrected chi connectivity index (χ4v) is 3.39. The number of aromatic nitrogens is 1. The van der Waals surface area contributed by atoms with E-state index >= 15 is 0 Å². The number of nitrogens with zero attached hydrogens (tertiary/aromatic N) is 1. The van der Waals surface area contributed by atoms with Crippen LogP contribution in [0.25, 0.3) is 0 Å². The summed E-state index contributed by atoms with van der Waals surface area (Å²) in [5, 5.41) is 2.32. The molecule has 1 aromatic carbocycles. The summed E-state index contributed by atoms with van der Waals surface area (Å²) in [6.45, 7) is 2.14. The average Bonchev–Trinajstić information content (AvgIpc) is 2.82. The largest absolute Gasteiger partial charge is 0.323 e. The summed E-state index contributed by atoms with van der Waals surface area (Å²) in [5.74, 6) is 0. The van der Waals surface area contributed by atoms with Gasteiger partial charge in [-0.3, -0.25) is 0 Å². The van der Waals surface area contributed by atoms with Gasteiger partial charge in [0, 0.05) is 22.9 Å². The van der Waals surface area contributed by atoms with Gasteiger partial charge in [-0.15, -0.1) is 11.3 Å². The maximum atomic E-state index is 6.21. The molecule has 0 aliphatic rings. The summed E-state index contributed by atoms with van der Waals surface area (Å²) < 4.78 is 1.08. The van der Waals surface area contributed by atoms with Crippen LogP contribution < -0.4 is 5.73 Å². The van der Waals surface area contributed by atoms with Crippen molar-refractivity contribution in [2.45, 2.75) is 22.6 Å². The molecule has 0 fully saturated rings. The molecule has 2 atom stereocenters. The highest BCUT2D eigenvalue weighted by atomic mass is 32.2. The first-order valence-electron chi connectivity index (χ1n) is 5.14. The zero-order valence-electron chi connectivity index (χ0n) is 9.04. The molecule has 0 bridgehead atoms. The molecule has 2 unspecified atom stereocenters. The fraction of sp³-hybridized carbons (Fsp3) is 0.250. The van der Waals surface area contributed by atoms with Crippen LogP contribution in [0.5, 0.6) is 0 Å². The van der Waals surface area contributed by atoms with E-state index in [1.165, 1.54) is 5.56 Å². The van der Waals surface area contributed by atoms with Crippen LogP contribution in [-0.4, -0.2) is 10.2 Å². The van der Waals surface area contributed by atoms with Crippen molar-refractivity contribution in [2.75, 3.05) is 0 Å². The molecule has 2 aromatic rings. The summed E-state index contributed by atoms with van der Waals surface area (Å²) in [4.78, 5) is 4.26. The Bertz CT molecular complexity index is 414. The number of thioether (sulfide) groups is 1. The van der Waals surface area contributed by atoms with Gasteiger partial charge >= 0.3 is 0 Å². The van der Waals surface area contributed by atoms with Crippen LogP contribution in [0.3, 0.4) is 0 Å². The van der Waals surface area contributed by atoms with Gasteiger partial charge in [0.05, 0.1) is 0 Å². The summed E-state index contributed by atoms with van der Waals surface area (Å²) in [7, 11) is 0. The molecule has 4 heteroatoms. The molecule has 0 spiro atoms. The maximum Gasteiger partial charge on any atom is 0.150 e. The topological polar surface area (TPSA) is 38.9 Å². The second-order valence-electron chi connectivity index (χ2n) is 3.56. The standard InChI is InChI=1S/C12H14N2S2/c1-9(16-12-14-7-8-15-12)11(13)10-5-3-2-4-6-10/h2-9,11H,13H2,1H3. The third kappa shape index (κ3) is 2.84. The van der Waals surface area contributed by atoms with E-state index < -0.39 is 0 Å². The second-order valence-corrected chi connectivity index (χ2v) is 6.08. The molecule has 2 N–H and O–H groups in total. The highest BCUT2D eigenvalue weighted by Crippen LogP contribution is 2.31. The minimum Gasteiger partial charge on any atom is -0.323 e. The Morgan fingerprint density at radius 2 is 2.06 bits per heavy atom. The Balaban J connectivity index is 2.02. The molecule has 0 radical (unpaired) electrons. The van der Waals surface area contributed by atoms with Gasteiger partial charge in [0.2, 0.25) is 0 Å². The number of hydrogen-bond donors (Lipinski definition) is 1. The molecule has 1 heterocycles. The van der Waals surface area contributed by atoms with Gasteiger partial charge in [-0.1, -0.05) is 49.0 Å². The predicted octanol–water partition coefficient (Wildman–Crippen LogP) is 3.32. The Morgan fingerprint density at radius 3 is 2.69 bits per heavy atom.